The van der Waals surface area contributed by atoms with Gasteiger partial charge in [0.05, 0.1) is 11.4 Å². The van der Waals surface area contributed by atoms with Crippen LogP contribution in [-0.2, 0) is 16.8 Å². The van der Waals surface area contributed by atoms with Crippen LogP contribution >= 0.6 is 0 Å². The van der Waals surface area contributed by atoms with Crippen LogP contribution in [0.4, 0.5) is 10.6 Å². The van der Waals surface area contributed by atoms with Crippen LogP contribution in [0.1, 0.15) is 57.4 Å². The third-order valence-electron chi connectivity index (χ3n) is 5.68. The van der Waals surface area contributed by atoms with Gasteiger partial charge in [-0.15, -0.1) is 0 Å². The lowest BCUT2D eigenvalue weighted by Gasteiger charge is -2.22. The van der Waals surface area contributed by atoms with Gasteiger partial charge in [0.1, 0.15) is 12.4 Å². The zero-order valence-electron chi connectivity index (χ0n) is 21.5. The van der Waals surface area contributed by atoms with Crippen LogP contribution in [0.25, 0.3) is 5.69 Å². The molecule has 35 heavy (non-hydrogen) atoms. The highest BCUT2D eigenvalue weighted by Gasteiger charge is 2.23. The van der Waals surface area contributed by atoms with Gasteiger partial charge in [-0.2, -0.15) is 5.10 Å². The van der Waals surface area contributed by atoms with E-state index in [4.69, 9.17) is 5.10 Å². The largest absolute Gasteiger partial charge is 0.334 e. The van der Waals surface area contributed by atoms with Crippen LogP contribution in [-0.4, -0.2) is 39.7 Å². The highest BCUT2D eigenvalue weighted by molar-refractivity contribution is 5.94. The second-order valence-electron chi connectivity index (χ2n) is 9.88. The van der Waals surface area contributed by atoms with E-state index in [-0.39, 0.29) is 23.9 Å². The van der Waals surface area contributed by atoms with Gasteiger partial charge in [-0.3, -0.25) is 4.79 Å². The van der Waals surface area contributed by atoms with Crippen molar-refractivity contribution in [2.45, 2.75) is 59.4 Å². The number of urea groups is 1. The molecule has 0 aliphatic carbocycles. The van der Waals surface area contributed by atoms with Crippen molar-refractivity contribution in [3.8, 4) is 5.69 Å². The smallest absolute Gasteiger partial charge is 0.318 e. The van der Waals surface area contributed by atoms with E-state index in [1.54, 1.807) is 9.58 Å². The van der Waals surface area contributed by atoms with Gasteiger partial charge in [-0.05, 0) is 36.6 Å². The molecule has 0 fully saturated rings. The lowest BCUT2D eigenvalue weighted by molar-refractivity contribution is -0.116. The minimum Gasteiger partial charge on any atom is -0.334 e. The summed E-state index contributed by atoms with van der Waals surface area (Å²) >= 11 is 0. The first-order valence-corrected chi connectivity index (χ1v) is 12.2. The normalized spacial score (nSPS) is 11.2. The van der Waals surface area contributed by atoms with E-state index in [1.807, 2.05) is 67.6 Å². The molecule has 186 valence electrons. The molecule has 0 saturated heterocycles. The van der Waals surface area contributed by atoms with Crippen LogP contribution in [0.3, 0.4) is 0 Å². The Kier molecular flexibility index (Phi) is 8.68. The summed E-state index contributed by atoms with van der Waals surface area (Å²) in [6.07, 6.45) is 1.75. The van der Waals surface area contributed by atoms with Crippen molar-refractivity contribution in [1.82, 2.24) is 20.0 Å². The maximum absolute atomic E-state index is 13.1. The summed E-state index contributed by atoms with van der Waals surface area (Å²) in [5, 5.41) is 10.7. The van der Waals surface area contributed by atoms with E-state index in [0.717, 1.165) is 35.3 Å². The Hall–Kier alpha value is -3.61. The Morgan fingerprint density at radius 3 is 2.43 bits per heavy atom. The van der Waals surface area contributed by atoms with Gasteiger partial charge in [0.15, 0.2) is 0 Å². The lowest BCUT2D eigenvalue weighted by Crippen LogP contribution is -2.44. The van der Waals surface area contributed by atoms with Crippen LogP contribution in [0, 0.1) is 6.92 Å². The van der Waals surface area contributed by atoms with Gasteiger partial charge >= 0.3 is 6.03 Å². The number of carbonyl (C=O) groups is 2. The summed E-state index contributed by atoms with van der Waals surface area (Å²) in [6.45, 7) is 11.2. The van der Waals surface area contributed by atoms with Crippen molar-refractivity contribution in [2.75, 3.05) is 18.4 Å². The van der Waals surface area contributed by atoms with Gasteiger partial charge < -0.3 is 15.5 Å². The highest BCUT2D eigenvalue weighted by atomic mass is 16.2. The third kappa shape index (κ3) is 7.44. The number of nitrogens with zero attached hydrogens (tertiary/aromatic N) is 3. The van der Waals surface area contributed by atoms with Crippen molar-refractivity contribution < 1.29 is 9.59 Å². The molecule has 7 heteroatoms. The van der Waals surface area contributed by atoms with Crippen LogP contribution < -0.4 is 10.6 Å². The van der Waals surface area contributed by atoms with Crippen LogP contribution in [0.5, 0.6) is 0 Å². The number of rotatable bonds is 9. The van der Waals surface area contributed by atoms with Crippen molar-refractivity contribution >= 4 is 17.8 Å². The van der Waals surface area contributed by atoms with Gasteiger partial charge in [-0.25, -0.2) is 9.48 Å². The second-order valence-corrected chi connectivity index (χ2v) is 9.88. The van der Waals surface area contributed by atoms with Crippen LogP contribution in [0.15, 0.2) is 60.7 Å². The maximum atomic E-state index is 13.1. The fourth-order valence-electron chi connectivity index (χ4n) is 3.64. The number of carbonyl (C=O) groups excluding carboxylic acids is 2. The summed E-state index contributed by atoms with van der Waals surface area (Å²) in [4.78, 5) is 27.6. The topological polar surface area (TPSA) is 79.3 Å². The van der Waals surface area contributed by atoms with Crippen molar-refractivity contribution in [3.05, 3.63) is 77.5 Å². The molecule has 0 bridgehead atoms. The molecular weight excluding hydrogens is 438 g/mol. The van der Waals surface area contributed by atoms with E-state index in [9.17, 15) is 9.59 Å². The number of benzene rings is 2. The van der Waals surface area contributed by atoms with Crippen LogP contribution in [0.2, 0.25) is 0 Å². The summed E-state index contributed by atoms with van der Waals surface area (Å²) in [5.74, 6) is 0.330. The minimum absolute atomic E-state index is 0.0372. The average molecular weight is 476 g/mol. The minimum atomic E-state index is -0.259. The monoisotopic (exact) mass is 475 g/mol. The summed E-state index contributed by atoms with van der Waals surface area (Å²) in [7, 11) is 0. The number of hydrogen-bond donors (Lipinski definition) is 2. The van der Waals surface area contributed by atoms with Crippen molar-refractivity contribution in [1.29, 1.82) is 0 Å². The number of unbranched alkanes of at least 4 members (excludes halogenated alkanes) is 1. The molecule has 7 nitrogen and oxygen atoms in total. The van der Waals surface area contributed by atoms with E-state index in [2.05, 4.69) is 38.3 Å². The zero-order chi connectivity index (χ0) is 25.4. The first-order valence-electron chi connectivity index (χ1n) is 12.2. The predicted molar refractivity (Wildman–Crippen MR) is 141 cm³/mol. The van der Waals surface area contributed by atoms with Crippen molar-refractivity contribution in [3.63, 3.8) is 0 Å². The van der Waals surface area contributed by atoms with Crippen molar-refractivity contribution in [2.24, 2.45) is 0 Å². The SMILES string of the molecule is CCCCN(CC(=O)Nc1cc(C(C)(C)C)nn1-c1cccc(C)c1)C(=O)NCc1ccccc1. The Bertz CT molecular complexity index is 1130. The predicted octanol–water partition coefficient (Wildman–Crippen LogP) is 5.43. The summed E-state index contributed by atoms with van der Waals surface area (Å²) in [6, 6.07) is 19.4. The van der Waals surface area contributed by atoms with Gasteiger partial charge in [0, 0.05) is 24.6 Å². The Balaban J connectivity index is 1.76. The first kappa shape index (κ1) is 26.0. The molecule has 1 heterocycles. The van der Waals surface area contributed by atoms with E-state index in [1.165, 1.54) is 0 Å². The molecule has 0 saturated carbocycles. The number of aromatic nitrogens is 2. The number of amides is 3. The molecule has 2 aromatic carbocycles. The molecule has 0 aliphatic rings. The molecule has 0 aliphatic heterocycles. The molecule has 0 radical (unpaired) electrons. The zero-order valence-corrected chi connectivity index (χ0v) is 21.5. The van der Waals surface area contributed by atoms with Gasteiger partial charge in [-0.1, -0.05) is 76.6 Å². The molecule has 2 N–H and O–H groups in total. The molecule has 0 atom stereocenters. The average Bonchev–Trinajstić information content (AvgIpc) is 3.25. The maximum Gasteiger partial charge on any atom is 0.318 e. The standard InChI is InChI=1S/C28H37N5O2/c1-6-7-16-32(27(35)29-19-22-13-9-8-10-14-22)20-26(34)30-25-18-24(28(3,4)5)31-33(25)23-15-11-12-21(2)17-23/h8-15,17-18H,6-7,16,19-20H2,1-5H3,(H,29,35)(H,30,34). The van der Waals surface area contributed by atoms with Gasteiger partial charge in [0.25, 0.3) is 0 Å². The molecule has 3 amide bonds. The van der Waals surface area contributed by atoms with E-state index < -0.39 is 0 Å². The summed E-state index contributed by atoms with van der Waals surface area (Å²) < 4.78 is 1.76. The Morgan fingerprint density at radius 2 is 1.77 bits per heavy atom. The fourth-order valence-corrected chi connectivity index (χ4v) is 3.64. The molecular formula is C28H37N5O2. The fraction of sp³-hybridized carbons (Fsp3) is 0.393. The highest BCUT2D eigenvalue weighted by Crippen LogP contribution is 2.26. The van der Waals surface area contributed by atoms with Gasteiger partial charge in [0.2, 0.25) is 5.91 Å². The first-order chi connectivity index (χ1) is 16.7. The molecule has 0 spiro atoms. The second kappa shape index (κ2) is 11.7. The third-order valence-corrected chi connectivity index (χ3v) is 5.68. The van der Waals surface area contributed by atoms with E-state index in [0.29, 0.717) is 18.9 Å². The number of aryl methyl sites for hydroxylation is 1. The summed E-state index contributed by atoms with van der Waals surface area (Å²) in [5.41, 5.74) is 3.68. The molecule has 3 rings (SSSR count). The number of nitrogens with one attached hydrogen (secondary N) is 2. The van der Waals surface area contributed by atoms with E-state index >= 15 is 0 Å². The molecule has 0 unspecified atom stereocenters. The Morgan fingerprint density at radius 1 is 1.03 bits per heavy atom. The molecule has 3 aromatic rings. The number of anilines is 1. The Labute approximate surface area is 208 Å². The molecule has 1 aromatic heterocycles. The lowest BCUT2D eigenvalue weighted by atomic mass is 9.92. The quantitative estimate of drug-likeness (QED) is 0.433. The number of hydrogen-bond acceptors (Lipinski definition) is 3.